The second-order valence-electron chi connectivity index (χ2n) is 7.40. The van der Waals surface area contributed by atoms with Crippen LogP contribution in [0.1, 0.15) is 24.8 Å². The lowest BCUT2D eigenvalue weighted by Gasteiger charge is -2.38. The van der Waals surface area contributed by atoms with Crippen LogP contribution in [0.15, 0.2) is 60.7 Å². The van der Waals surface area contributed by atoms with Crippen LogP contribution in [0.25, 0.3) is 0 Å². The van der Waals surface area contributed by atoms with Gasteiger partial charge in [0.05, 0.1) is 5.41 Å². The van der Waals surface area contributed by atoms with Gasteiger partial charge in [-0.25, -0.2) is 0 Å². The van der Waals surface area contributed by atoms with Gasteiger partial charge in [-0.3, -0.25) is 4.79 Å². The number of hydrogen-bond donors (Lipinski definition) is 0. The summed E-state index contributed by atoms with van der Waals surface area (Å²) in [6.07, 6.45) is 4.11. The first-order chi connectivity index (χ1) is 12.3. The van der Waals surface area contributed by atoms with E-state index in [0.29, 0.717) is 5.91 Å². The predicted molar refractivity (Wildman–Crippen MR) is 102 cm³/mol. The summed E-state index contributed by atoms with van der Waals surface area (Å²) in [7, 11) is 0. The normalized spacial score (nSPS) is 20.3. The van der Waals surface area contributed by atoms with Crippen LogP contribution in [0.5, 0.6) is 0 Å². The molecule has 0 bridgehead atoms. The fourth-order valence-electron chi connectivity index (χ4n) is 4.28. The van der Waals surface area contributed by atoms with Crippen LogP contribution < -0.4 is 4.90 Å². The van der Waals surface area contributed by atoms with Crippen molar-refractivity contribution in [2.75, 3.05) is 31.1 Å². The van der Waals surface area contributed by atoms with Gasteiger partial charge in [0, 0.05) is 18.8 Å². The average molecular weight is 334 g/mol. The third-order valence-corrected chi connectivity index (χ3v) is 5.95. The summed E-state index contributed by atoms with van der Waals surface area (Å²) in [4.78, 5) is 17.6. The number of benzene rings is 2. The van der Waals surface area contributed by atoms with Gasteiger partial charge in [0.15, 0.2) is 0 Å². The number of nitrogens with zero attached hydrogens (tertiary/aromatic N) is 2. The van der Waals surface area contributed by atoms with E-state index in [9.17, 15) is 4.79 Å². The Labute approximate surface area is 150 Å². The Bertz CT molecular complexity index is 705. The minimum Gasteiger partial charge on any atom is -0.312 e. The number of amides is 1. The summed E-state index contributed by atoms with van der Waals surface area (Å²) < 4.78 is 0. The summed E-state index contributed by atoms with van der Waals surface area (Å²) in [6, 6.07) is 20.8. The fraction of sp³-hybridized carbons (Fsp3) is 0.409. The number of rotatable bonds is 4. The van der Waals surface area contributed by atoms with Crippen LogP contribution in [0.4, 0.5) is 5.69 Å². The molecule has 130 valence electrons. The quantitative estimate of drug-likeness (QED) is 0.850. The molecule has 2 saturated heterocycles. The summed E-state index contributed by atoms with van der Waals surface area (Å²) in [5.41, 5.74) is 2.34. The first kappa shape index (κ1) is 16.3. The third-order valence-electron chi connectivity index (χ3n) is 5.95. The predicted octanol–water partition coefficient (Wildman–Crippen LogP) is 3.75. The molecule has 2 aliphatic rings. The molecule has 3 heteroatoms. The Morgan fingerprint density at radius 3 is 2.08 bits per heavy atom. The molecule has 0 aliphatic carbocycles. The first-order valence-corrected chi connectivity index (χ1v) is 9.40. The highest BCUT2D eigenvalue weighted by Crippen LogP contribution is 2.43. The molecule has 4 rings (SSSR count). The van der Waals surface area contributed by atoms with Gasteiger partial charge in [0.25, 0.3) is 0 Å². The molecule has 0 atom stereocenters. The van der Waals surface area contributed by atoms with Crippen molar-refractivity contribution in [3.05, 3.63) is 66.2 Å². The van der Waals surface area contributed by atoms with Crippen molar-refractivity contribution < 1.29 is 4.79 Å². The van der Waals surface area contributed by atoms with Crippen molar-refractivity contribution in [1.82, 2.24) is 4.90 Å². The minimum atomic E-state index is -0.112. The van der Waals surface area contributed by atoms with Crippen molar-refractivity contribution >= 4 is 11.6 Å². The lowest BCUT2D eigenvalue weighted by Crippen LogP contribution is -2.45. The number of likely N-dealkylation sites (tertiary alicyclic amines) is 1. The molecular formula is C22H26N2O. The van der Waals surface area contributed by atoms with Gasteiger partial charge in [0.1, 0.15) is 0 Å². The lowest BCUT2D eigenvalue weighted by molar-refractivity contribution is -0.128. The van der Waals surface area contributed by atoms with Crippen LogP contribution in [0.2, 0.25) is 0 Å². The molecule has 0 unspecified atom stereocenters. The molecule has 2 aromatic rings. The Morgan fingerprint density at radius 2 is 1.40 bits per heavy atom. The van der Waals surface area contributed by atoms with Crippen molar-refractivity contribution in [1.29, 1.82) is 0 Å². The van der Waals surface area contributed by atoms with E-state index in [0.717, 1.165) is 57.5 Å². The van der Waals surface area contributed by atoms with E-state index in [1.54, 1.807) is 0 Å². The van der Waals surface area contributed by atoms with E-state index in [2.05, 4.69) is 35.2 Å². The molecular weight excluding hydrogens is 308 g/mol. The van der Waals surface area contributed by atoms with E-state index < -0.39 is 0 Å². The van der Waals surface area contributed by atoms with E-state index in [4.69, 9.17) is 0 Å². The van der Waals surface area contributed by atoms with E-state index >= 15 is 0 Å². The number of piperidine rings is 1. The standard InChI is InChI=1S/C22H26N2O/c25-21-22(14-18-24(21)20-9-5-2-6-10-20)12-16-23(17-13-22)15-11-19-7-3-1-4-8-19/h1-10H,11-18H2. The van der Waals surface area contributed by atoms with Gasteiger partial charge in [-0.05, 0) is 56.5 Å². The minimum absolute atomic E-state index is 0.112. The maximum Gasteiger partial charge on any atom is 0.233 e. The monoisotopic (exact) mass is 334 g/mol. The smallest absolute Gasteiger partial charge is 0.233 e. The molecule has 1 amide bonds. The average Bonchev–Trinajstić information content (AvgIpc) is 2.99. The lowest BCUT2D eigenvalue weighted by atomic mass is 9.77. The molecule has 2 aliphatic heterocycles. The Kier molecular flexibility index (Phi) is 4.58. The second kappa shape index (κ2) is 7.01. The number of carbonyl (C=O) groups is 1. The fourth-order valence-corrected chi connectivity index (χ4v) is 4.28. The van der Waals surface area contributed by atoms with Crippen LogP contribution >= 0.6 is 0 Å². The maximum absolute atomic E-state index is 13.1. The van der Waals surface area contributed by atoms with Gasteiger partial charge in [0.2, 0.25) is 5.91 Å². The SMILES string of the molecule is O=C1N(c2ccccc2)CCC12CCN(CCc1ccccc1)CC2. The van der Waals surface area contributed by atoms with Crippen molar-refractivity contribution in [2.45, 2.75) is 25.7 Å². The van der Waals surface area contributed by atoms with Crippen molar-refractivity contribution in [3.63, 3.8) is 0 Å². The number of para-hydroxylation sites is 1. The Hall–Kier alpha value is -2.13. The van der Waals surface area contributed by atoms with Crippen molar-refractivity contribution in [2.24, 2.45) is 5.41 Å². The van der Waals surface area contributed by atoms with Gasteiger partial charge in [-0.2, -0.15) is 0 Å². The van der Waals surface area contributed by atoms with Crippen LogP contribution in [-0.4, -0.2) is 37.0 Å². The van der Waals surface area contributed by atoms with Crippen LogP contribution in [0.3, 0.4) is 0 Å². The molecule has 1 spiro atoms. The second-order valence-corrected chi connectivity index (χ2v) is 7.40. The molecule has 0 saturated carbocycles. The van der Waals surface area contributed by atoms with E-state index in [1.807, 2.05) is 35.2 Å². The van der Waals surface area contributed by atoms with Crippen molar-refractivity contribution in [3.8, 4) is 0 Å². The molecule has 2 heterocycles. The zero-order valence-corrected chi connectivity index (χ0v) is 14.7. The largest absolute Gasteiger partial charge is 0.312 e. The summed E-state index contributed by atoms with van der Waals surface area (Å²) in [6.45, 7) is 4.05. The highest BCUT2D eigenvalue weighted by molar-refractivity contribution is 5.99. The summed E-state index contributed by atoms with van der Waals surface area (Å²) in [5, 5.41) is 0. The number of carbonyl (C=O) groups excluding carboxylic acids is 1. The molecule has 0 N–H and O–H groups in total. The maximum atomic E-state index is 13.1. The van der Waals surface area contributed by atoms with Crippen LogP contribution in [-0.2, 0) is 11.2 Å². The van der Waals surface area contributed by atoms with Gasteiger partial charge in [-0.1, -0.05) is 48.5 Å². The molecule has 0 radical (unpaired) electrons. The highest BCUT2D eigenvalue weighted by atomic mass is 16.2. The highest BCUT2D eigenvalue weighted by Gasteiger charge is 2.48. The Morgan fingerprint density at radius 1 is 0.800 bits per heavy atom. The zero-order valence-electron chi connectivity index (χ0n) is 14.7. The summed E-state index contributed by atoms with van der Waals surface area (Å²) >= 11 is 0. The summed E-state index contributed by atoms with van der Waals surface area (Å²) in [5.74, 6) is 0.349. The number of hydrogen-bond acceptors (Lipinski definition) is 2. The number of anilines is 1. The van der Waals surface area contributed by atoms with Gasteiger partial charge < -0.3 is 9.80 Å². The first-order valence-electron chi connectivity index (χ1n) is 9.40. The molecule has 2 fully saturated rings. The van der Waals surface area contributed by atoms with E-state index in [-0.39, 0.29) is 5.41 Å². The third kappa shape index (κ3) is 3.34. The zero-order chi connectivity index (χ0) is 17.1. The molecule has 25 heavy (non-hydrogen) atoms. The Balaban J connectivity index is 1.34. The topological polar surface area (TPSA) is 23.6 Å². The van der Waals surface area contributed by atoms with E-state index in [1.165, 1.54) is 5.56 Å². The van der Waals surface area contributed by atoms with Gasteiger partial charge >= 0.3 is 0 Å². The molecule has 0 aromatic heterocycles. The molecule has 2 aromatic carbocycles. The van der Waals surface area contributed by atoms with Crippen LogP contribution in [0, 0.1) is 5.41 Å². The van der Waals surface area contributed by atoms with Gasteiger partial charge in [-0.15, -0.1) is 0 Å². The molecule has 3 nitrogen and oxygen atoms in total.